The van der Waals surface area contributed by atoms with Crippen LogP contribution in [0.5, 0.6) is 0 Å². The molecule has 0 saturated heterocycles. The highest BCUT2D eigenvalue weighted by Gasteiger charge is 2.39. The van der Waals surface area contributed by atoms with Crippen molar-refractivity contribution in [2.75, 3.05) is 0 Å². The summed E-state index contributed by atoms with van der Waals surface area (Å²) in [4.78, 5) is 0. The molecule has 0 aliphatic rings. The third kappa shape index (κ3) is 1.81. The van der Waals surface area contributed by atoms with Crippen LogP contribution in [0.3, 0.4) is 0 Å². The van der Waals surface area contributed by atoms with Crippen LogP contribution in [-0.4, -0.2) is 10.2 Å². The van der Waals surface area contributed by atoms with E-state index in [-0.39, 0.29) is 10.8 Å². The van der Waals surface area contributed by atoms with Gasteiger partial charge in [0.05, 0.1) is 0 Å². The molecule has 0 radical (unpaired) electrons. The second kappa shape index (κ2) is 3.37. The van der Waals surface area contributed by atoms with Gasteiger partial charge in [0.2, 0.25) is 11.8 Å². The summed E-state index contributed by atoms with van der Waals surface area (Å²) in [7, 11) is 0. The smallest absolute Gasteiger partial charge is 0.222 e. The SMILES string of the molecule is CCc1nnc(C(C)(C)C(C)(C)C)o1. The van der Waals surface area contributed by atoms with Gasteiger partial charge in [0, 0.05) is 11.8 Å². The van der Waals surface area contributed by atoms with E-state index in [9.17, 15) is 0 Å². The van der Waals surface area contributed by atoms with Gasteiger partial charge in [-0.25, -0.2) is 0 Å². The van der Waals surface area contributed by atoms with E-state index in [2.05, 4.69) is 44.8 Å². The van der Waals surface area contributed by atoms with Crippen LogP contribution in [0.15, 0.2) is 4.42 Å². The van der Waals surface area contributed by atoms with Gasteiger partial charge in [-0.1, -0.05) is 41.5 Å². The second-order valence-electron chi connectivity index (χ2n) is 5.23. The zero-order valence-corrected chi connectivity index (χ0v) is 10.0. The van der Waals surface area contributed by atoms with Gasteiger partial charge < -0.3 is 4.42 Å². The molecule has 0 atom stereocenters. The van der Waals surface area contributed by atoms with Crippen molar-refractivity contribution in [3.63, 3.8) is 0 Å². The molecular weight excluding hydrogens is 176 g/mol. The van der Waals surface area contributed by atoms with Gasteiger partial charge in [0.25, 0.3) is 0 Å². The fourth-order valence-corrected chi connectivity index (χ4v) is 0.970. The summed E-state index contributed by atoms with van der Waals surface area (Å²) in [6.07, 6.45) is 0.799. The largest absolute Gasteiger partial charge is 0.425 e. The molecule has 0 bridgehead atoms. The molecule has 3 heteroatoms. The topological polar surface area (TPSA) is 38.9 Å². The van der Waals surface area contributed by atoms with Crippen molar-refractivity contribution in [3.8, 4) is 0 Å². The molecular formula is C11H20N2O. The Kier molecular flexibility index (Phi) is 2.70. The first-order valence-corrected chi connectivity index (χ1v) is 5.12. The van der Waals surface area contributed by atoms with Crippen molar-refractivity contribution in [2.24, 2.45) is 5.41 Å². The first-order chi connectivity index (χ1) is 6.29. The molecule has 1 aromatic heterocycles. The van der Waals surface area contributed by atoms with Gasteiger partial charge in [-0.15, -0.1) is 10.2 Å². The van der Waals surface area contributed by atoms with Gasteiger partial charge in [0.15, 0.2) is 0 Å². The van der Waals surface area contributed by atoms with Crippen molar-refractivity contribution < 1.29 is 4.42 Å². The van der Waals surface area contributed by atoms with Crippen molar-refractivity contribution in [2.45, 2.75) is 53.4 Å². The lowest BCUT2D eigenvalue weighted by Gasteiger charge is -2.35. The minimum absolute atomic E-state index is 0.0899. The zero-order chi connectivity index (χ0) is 11.0. The van der Waals surface area contributed by atoms with Crippen LogP contribution < -0.4 is 0 Å². The number of aromatic nitrogens is 2. The van der Waals surface area contributed by atoms with Crippen LogP contribution in [0, 0.1) is 5.41 Å². The van der Waals surface area contributed by atoms with Gasteiger partial charge in [-0.3, -0.25) is 0 Å². The maximum atomic E-state index is 5.60. The standard InChI is InChI=1S/C11H20N2O/c1-7-8-12-13-9(14-8)11(5,6)10(2,3)4/h7H2,1-6H3. The lowest BCUT2D eigenvalue weighted by molar-refractivity contribution is 0.179. The van der Waals surface area contributed by atoms with Crippen LogP contribution in [0.4, 0.5) is 0 Å². The maximum Gasteiger partial charge on any atom is 0.222 e. The Morgan fingerprint density at radius 2 is 1.64 bits per heavy atom. The zero-order valence-electron chi connectivity index (χ0n) is 10.0. The van der Waals surface area contributed by atoms with E-state index in [1.54, 1.807) is 0 Å². The van der Waals surface area contributed by atoms with E-state index in [0.29, 0.717) is 0 Å². The fraction of sp³-hybridized carbons (Fsp3) is 0.818. The monoisotopic (exact) mass is 196 g/mol. The number of hydrogen-bond donors (Lipinski definition) is 0. The van der Waals surface area contributed by atoms with E-state index in [1.807, 2.05) is 6.92 Å². The Morgan fingerprint density at radius 1 is 1.07 bits per heavy atom. The Hall–Kier alpha value is -0.860. The number of aryl methyl sites for hydroxylation is 1. The molecule has 0 aliphatic heterocycles. The number of nitrogens with zero attached hydrogens (tertiary/aromatic N) is 2. The van der Waals surface area contributed by atoms with Crippen molar-refractivity contribution in [1.29, 1.82) is 0 Å². The molecule has 0 spiro atoms. The van der Waals surface area contributed by atoms with Crippen LogP contribution in [0.1, 0.15) is 53.3 Å². The van der Waals surface area contributed by atoms with Crippen molar-refractivity contribution in [3.05, 3.63) is 11.8 Å². The van der Waals surface area contributed by atoms with Crippen LogP contribution >= 0.6 is 0 Å². The van der Waals surface area contributed by atoms with Crippen LogP contribution in [-0.2, 0) is 11.8 Å². The molecule has 14 heavy (non-hydrogen) atoms. The van der Waals surface area contributed by atoms with E-state index in [1.165, 1.54) is 0 Å². The van der Waals surface area contributed by atoms with Crippen molar-refractivity contribution in [1.82, 2.24) is 10.2 Å². The normalized spacial score (nSPS) is 13.3. The van der Waals surface area contributed by atoms with Crippen molar-refractivity contribution >= 4 is 0 Å². The Balaban J connectivity index is 3.04. The third-order valence-corrected chi connectivity index (χ3v) is 3.18. The summed E-state index contributed by atoms with van der Waals surface area (Å²) in [6, 6.07) is 0. The summed E-state index contributed by atoms with van der Waals surface area (Å²) in [5.41, 5.74) is 0.0258. The Bertz CT molecular complexity index is 307. The Labute approximate surface area is 85.9 Å². The molecule has 80 valence electrons. The first kappa shape index (κ1) is 11.2. The number of rotatable bonds is 2. The van der Waals surface area contributed by atoms with Gasteiger partial charge in [-0.2, -0.15) is 0 Å². The summed E-state index contributed by atoms with van der Waals surface area (Å²) < 4.78 is 5.60. The highest BCUT2D eigenvalue weighted by Crippen LogP contribution is 2.39. The number of hydrogen-bond acceptors (Lipinski definition) is 3. The van der Waals surface area contributed by atoms with E-state index < -0.39 is 0 Å². The fourth-order valence-electron chi connectivity index (χ4n) is 0.970. The van der Waals surface area contributed by atoms with E-state index in [4.69, 9.17) is 4.42 Å². The predicted octanol–water partition coefficient (Wildman–Crippen LogP) is 2.96. The van der Waals surface area contributed by atoms with E-state index >= 15 is 0 Å². The lowest BCUT2D eigenvalue weighted by atomic mass is 9.69. The summed E-state index contributed by atoms with van der Waals surface area (Å²) >= 11 is 0. The predicted molar refractivity (Wildman–Crippen MR) is 56.2 cm³/mol. The Morgan fingerprint density at radius 3 is 2.00 bits per heavy atom. The minimum atomic E-state index is -0.0899. The van der Waals surface area contributed by atoms with Gasteiger partial charge in [0.1, 0.15) is 0 Å². The molecule has 0 amide bonds. The van der Waals surface area contributed by atoms with E-state index in [0.717, 1.165) is 18.2 Å². The average Bonchev–Trinajstić information content (AvgIpc) is 2.49. The van der Waals surface area contributed by atoms with Gasteiger partial charge in [-0.05, 0) is 5.41 Å². The molecule has 1 rings (SSSR count). The first-order valence-electron chi connectivity index (χ1n) is 5.12. The molecule has 1 aromatic rings. The molecule has 0 N–H and O–H groups in total. The summed E-state index contributed by atoms with van der Waals surface area (Å²) in [6.45, 7) is 12.8. The molecule has 0 unspecified atom stereocenters. The molecule has 0 fully saturated rings. The quantitative estimate of drug-likeness (QED) is 0.730. The summed E-state index contributed by atoms with van der Waals surface area (Å²) in [5.74, 6) is 1.46. The molecule has 1 heterocycles. The molecule has 0 aromatic carbocycles. The van der Waals surface area contributed by atoms with Gasteiger partial charge >= 0.3 is 0 Å². The second-order valence-corrected chi connectivity index (χ2v) is 5.23. The average molecular weight is 196 g/mol. The minimum Gasteiger partial charge on any atom is -0.425 e. The third-order valence-electron chi connectivity index (χ3n) is 3.18. The molecule has 0 saturated carbocycles. The summed E-state index contributed by atoms with van der Waals surface area (Å²) in [5, 5.41) is 8.11. The maximum absolute atomic E-state index is 5.60. The highest BCUT2D eigenvalue weighted by atomic mass is 16.4. The highest BCUT2D eigenvalue weighted by molar-refractivity contribution is 5.05. The molecule has 0 aliphatic carbocycles. The van der Waals surface area contributed by atoms with Crippen LogP contribution in [0.2, 0.25) is 0 Å². The lowest BCUT2D eigenvalue weighted by Crippen LogP contribution is -2.34. The van der Waals surface area contributed by atoms with Crippen LogP contribution in [0.25, 0.3) is 0 Å². The molecule has 3 nitrogen and oxygen atoms in total.